The molecule has 3 aromatic rings. The molecule has 0 radical (unpaired) electrons. The topological polar surface area (TPSA) is 65.2 Å². The summed E-state index contributed by atoms with van der Waals surface area (Å²) in [6, 6.07) is 14.9. The number of amides is 2. The van der Waals surface area contributed by atoms with Gasteiger partial charge in [0.15, 0.2) is 0 Å². The van der Waals surface area contributed by atoms with E-state index in [0.717, 1.165) is 48.2 Å². The van der Waals surface area contributed by atoms with Gasteiger partial charge in [0.25, 0.3) is 0 Å². The van der Waals surface area contributed by atoms with Crippen molar-refractivity contribution in [3.05, 3.63) is 71.2 Å². The van der Waals surface area contributed by atoms with E-state index >= 15 is 0 Å². The Morgan fingerprint density at radius 2 is 1.61 bits per heavy atom. The fourth-order valence-electron chi connectivity index (χ4n) is 9.55. The lowest BCUT2D eigenvalue weighted by Gasteiger charge is -2.57. The molecule has 1 aromatic heterocycles. The zero-order chi connectivity index (χ0) is 28.5. The Kier molecular flexibility index (Phi) is 6.33. The monoisotopic (exact) mass is 555 g/mol. The van der Waals surface area contributed by atoms with Crippen LogP contribution in [0, 0.1) is 41.8 Å². The maximum absolute atomic E-state index is 14.7. The predicted octanol–water partition coefficient (Wildman–Crippen LogP) is 6.86. The van der Waals surface area contributed by atoms with Gasteiger partial charge in [0.1, 0.15) is 5.82 Å². The summed E-state index contributed by atoms with van der Waals surface area (Å²) in [5.41, 5.74) is 3.85. The van der Waals surface area contributed by atoms with Crippen LogP contribution in [0.25, 0.3) is 10.9 Å². The van der Waals surface area contributed by atoms with Crippen LogP contribution in [0.15, 0.2) is 48.5 Å². The largest absolute Gasteiger partial charge is 0.358 e. The lowest BCUT2D eigenvalue weighted by Crippen LogP contribution is -2.61. The van der Waals surface area contributed by atoms with E-state index in [9.17, 15) is 14.0 Å². The number of carbonyl (C=O) groups is 2. The zero-order valence-electron chi connectivity index (χ0n) is 24.5. The van der Waals surface area contributed by atoms with Gasteiger partial charge in [-0.3, -0.25) is 9.59 Å². The number of nitrogens with one attached hydrogen (secondary N) is 2. The average molecular weight is 556 g/mol. The van der Waals surface area contributed by atoms with Crippen LogP contribution in [-0.2, 0) is 16.1 Å². The number of rotatable bonds is 8. The smallest absolute Gasteiger partial charge is 0.240 e. The number of fused-ring (bicyclic) bond motifs is 1. The molecule has 1 heterocycles. The molecule has 5 saturated carbocycles. The van der Waals surface area contributed by atoms with Gasteiger partial charge >= 0.3 is 0 Å². The standard InChI is InChI=1S/C35H42FN3O2/c1-21-32(26-9-5-7-11-29(26)37-21)33-27(34(33,2)3)15-31(41)39(19-25-8-4-6-10-28(25)36)20-30(40)38-35-16-22-12-23(17-35)14-24(13-22)18-35/h4-11,22-24,27,33,37H,12-20H2,1-3H3,(H,38,40)/t22?,23?,24?,27-,33-,35?/m1/s1. The van der Waals surface area contributed by atoms with Gasteiger partial charge in [0.2, 0.25) is 11.8 Å². The molecule has 41 heavy (non-hydrogen) atoms. The number of aromatic nitrogens is 1. The summed E-state index contributed by atoms with van der Waals surface area (Å²) in [5, 5.41) is 4.64. The Morgan fingerprint density at radius 1 is 0.976 bits per heavy atom. The van der Waals surface area contributed by atoms with Crippen molar-refractivity contribution < 1.29 is 14.0 Å². The third-order valence-electron chi connectivity index (χ3n) is 11.1. The van der Waals surface area contributed by atoms with Gasteiger partial charge in [0, 0.05) is 40.7 Å². The molecule has 216 valence electrons. The van der Waals surface area contributed by atoms with Crippen LogP contribution >= 0.6 is 0 Å². The summed E-state index contributed by atoms with van der Waals surface area (Å²) in [4.78, 5) is 32.7. The van der Waals surface area contributed by atoms with Gasteiger partial charge in [-0.25, -0.2) is 4.39 Å². The minimum Gasteiger partial charge on any atom is -0.358 e. The van der Waals surface area contributed by atoms with Crippen molar-refractivity contribution in [2.24, 2.45) is 29.1 Å². The number of H-pyrrole nitrogens is 1. The van der Waals surface area contributed by atoms with Gasteiger partial charge in [-0.2, -0.15) is 0 Å². The summed E-state index contributed by atoms with van der Waals surface area (Å²) in [6.07, 6.45) is 7.45. The van der Waals surface area contributed by atoms with E-state index in [4.69, 9.17) is 0 Å². The second-order valence-electron chi connectivity index (χ2n) is 14.4. The number of nitrogens with zero attached hydrogens (tertiary/aromatic N) is 1. The van der Waals surface area contributed by atoms with Crippen LogP contribution in [-0.4, -0.2) is 33.8 Å². The summed E-state index contributed by atoms with van der Waals surface area (Å²) in [7, 11) is 0. The molecule has 0 unspecified atom stereocenters. The van der Waals surface area contributed by atoms with Crippen molar-refractivity contribution in [1.29, 1.82) is 0 Å². The highest BCUT2D eigenvalue weighted by atomic mass is 19.1. The normalized spacial score (nSPS) is 30.9. The van der Waals surface area contributed by atoms with Crippen molar-refractivity contribution in [3.63, 3.8) is 0 Å². The van der Waals surface area contributed by atoms with E-state index < -0.39 is 0 Å². The Labute approximate surface area is 242 Å². The lowest BCUT2D eigenvalue weighted by atomic mass is 9.53. The van der Waals surface area contributed by atoms with Crippen LogP contribution in [0.1, 0.15) is 81.5 Å². The zero-order valence-corrected chi connectivity index (χ0v) is 24.5. The summed E-state index contributed by atoms with van der Waals surface area (Å²) in [6.45, 7) is 6.65. The van der Waals surface area contributed by atoms with Gasteiger partial charge in [-0.05, 0) is 98.1 Å². The van der Waals surface area contributed by atoms with E-state index in [1.54, 1.807) is 23.1 Å². The first kappa shape index (κ1) is 26.7. The highest BCUT2D eigenvalue weighted by Gasteiger charge is 2.60. The van der Waals surface area contributed by atoms with Crippen molar-refractivity contribution in [2.45, 2.75) is 83.7 Å². The molecule has 5 aliphatic rings. The summed E-state index contributed by atoms with van der Waals surface area (Å²) < 4.78 is 14.7. The SMILES string of the molecule is Cc1[nH]c2ccccc2c1[C@H]1[C@@H](CC(=O)N(CC(=O)NC23CC4CC(CC(C4)C2)C3)Cc2ccccc2F)C1(C)C. The number of carbonyl (C=O) groups excluding carboxylic acids is 2. The van der Waals surface area contributed by atoms with Gasteiger partial charge < -0.3 is 15.2 Å². The molecule has 0 spiro atoms. The van der Waals surface area contributed by atoms with Crippen LogP contribution in [0.2, 0.25) is 0 Å². The molecule has 0 saturated heterocycles. The Morgan fingerprint density at radius 3 is 2.29 bits per heavy atom. The van der Waals surface area contributed by atoms with Crippen molar-refractivity contribution in [3.8, 4) is 0 Å². The minimum atomic E-state index is -0.342. The number of aromatic amines is 1. The molecule has 8 rings (SSSR count). The Hall–Kier alpha value is -3.15. The first-order valence-electron chi connectivity index (χ1n) is 15.5. The highest BCUT2D eigenvalue weighted by molar-refractivity contribution is 5.88. The second kappa shape index (κ2) is 9.71. The average Bonchev–Trinajstić information content (AvgIpc) is 3.25. The molecule has 5 fully saturated rings. The number of benzene rings is 2. The van der Waals surface area contributed by atoms with Crippen molar-refractivity contribution in [2.75, 3.05) is 6.54 Å². The van der Waals surface area contributed by atoms with Gasteiger partial charge in [0.05, 0.1) is 6.54 Å². The van der Waals surface area contributed by atoms with Crippen molar-refractivity contribution >= 4 is 22.7 Å². The molecule has 2 amide bonds. The molecule has 2 N–H and O–H groups in total. The molecular weight excluding hydrogens is 513 g/mol. The molecule has 4 bridgehead atoms. The molecule has 0 aliphatic heterocycles. The number of aryl methyl sites for hydroxylation is 1. The maximum atomic E-state index is 14.7. The van der Waals surface area contributed by atoms with Gasteiger partial charge in [-0.1, -0.05) is 50.2 Å². The molecule has 2 atom stereocenters. The van der Waals surface area contributed by atoms with Gasteiger partial charge in [-0.15, -0.1) is 0 Å². The first-order valence-corrected chi connectivity index (χ1v) is 15.5. The maximum Gasteiger partial charge on any atom is 0.240 e. The number of hydrogen-bond donors (Lipinski definition) is 2. The molecular formula is C35H42FN3O2. The fourth-order valence-corrected chi connectivity index (χ4v) is 9.55. The fraction of sp³-hybridized carbons (Fsp3) is 0.543. The van der Waals surface area contributed by atoms with E-state index in [0.29, 0.717) is 12.0 Å². The summed E-state index contributed by atoms with van der Waals surface area (Å²) >= 11 is 0. The van der Waals surface area contributed by atoms with Crippen LogP contribution in [0.5, 0.6) is 0 Å². The highest BCUT2D eigenvalue weighted by Crippen LogP contribution is 2.67. The first-order chi connectivity index (χ1) is 19.6. The Balaban J connectivity index is 1.10. The van der Waals surface area contributed by atoms with Crippen LogP contribution in [0.3, 0.4) is 0 Å². The predicted molar refractivity (Wildman–Crippen MR) is 159 cm³/mol. The van der Waals surface area contributed by atoms with Crippen LogP contribution < -0.4 is 5.32 Å². The molecule has 5 aliphatic carbocycles. The number of halogens is 1. The third-order valence-corrected chi connectivity index (χ3v) is 11.1. The summed E-state index contributed by atoms with van der Waals surface area (Å²) in [5.74, 6) is 2.05. The van der Waals surface area contributed by atoms with E-state index in [1.165, 1.54) is 36.3 Å². The van der Waals surface area contributed by atoms with E-state index in [2.05, 4.69) is 49.3 Å². The second-order valence-corrected chi connectivity index (χ2v) is 14.4. The minimum absolute atomic E-state index is 0.0289. The van der Waals surface area contributed by atoms with Crippen molar-refractivity contribution in [1.82, 2.24) is 15.2 Å². The number of hydrogen-bond acceptors (Lipinski definition) is 2. The molecule has 6 heteroatoms. The molecule has 5 nitrogen and oxygen atoms in total. The number of para-hydroxylation sites is 1. The van der Waals surface area contributed by atoms with Crippen LogP contribution in [0.4, 0.5) is 4.39 Å². The third kappa shape index (κ3) is 4.77. The van der Waals surface area contributed by atoms with E-state index in [-0.39, 0.29) is 53.5 Å². The quantitative estimate of drug-likeness (QED) is 0.319. The molecule has 2 aromatic carbocycles. The lowest BCUT2D eigenvalue weighted by molar-refractivity contribution is -0.139. The Bertz CT molecular complexity index is 1470. The van der Waals surface area contributed by atoms with E-state index in [1.807, 2.05) is 6.07 Å².